The third-order valence-corrected chi connectivity index (χ3v) is 4.92. The van der Waals surface area contributed by atoms with Crippen molar-refractivity contribution in [2.24, 2.45) is 0 Å². The molecule has 0 bridgehead atoms. The van der Waals surface area contributed by atoms with Crippen LogP contribution in [0.3, 0.4) is 0 Å². The number of aromatic nitrogens is 5. The second kappa shape index (κ2) is 7.16. The molecule has 10 heteroatoms. The smallest absolute Gasteiger partial charge is 0.350 e. The summed E-state index contributed by atoms with van der Waals surface area (Å²) in [5, 5.41) is 11.1. The molecule has 1 atom stereocenters. The van der Waals surface area contributed by atoms with Crippen molar-refractivity contribution in [2.45, 2.75) is 57.9 Å². The highest BCUT2D eigenvalue weighted by Gasteiger charge is 2.37. The van der Waals surface area contributed by atoms with Crippen molar-refractivity contribution >= 4 is 16.9 Å². The Morgan fingerprint density at radius 1 is 1.38 bits per heavy atom. The minimum Gasteiger partial charge on any atom is -0.350 e. The van der Waals surface area contributed by atoms with Gasteiger partial charge in [-0.05, 0) is 38.8 Å². The van der Waals surface area contributed by atoms with E-state index in [1.165, 1.54) is 11.6 Å². The first kappa shape index (κ1) is 19.4. The molecule has 1 aliphatic carbocycles. The average molecular weight is 406 g/mol. The third kappa shape index (κ3) is 4.10. The molecule has 154 valence electrons. The summed E-state index contributed by atoms with van der Waals surface area (Å²) in [6.45, 7) is 3.62. The molecule has 0 unspecified atom stereocenters. The summed E-state index contributed by atoms with van der Waals surface area (Å²) in [5.74, 6) is -0.298. The van der Waals surface area contributed by atoms with Gasteiger partial charge in [-0.3, -0.25) is 9.48 Å². The Bertz CT molecular complexity index is 1040. The number of nitrogens with zero attached hydrogens (tertiary/aromatic N) is 5. The first-order valence-corrected chi connectivity index (χ1v) is 9.44. The molecular weight excluding hydrogens is 385 g/mol. The summed E-state index contributed by atoms with van der Waals surface area (Å²) in [7, 11) is 0. The van der Waals surface area contributed by atoms with Crippen LogP contribution in [0.25, 0.3) is 11.0 Å². The van der Waals surface area contributed by atoms with Gasteiger partial charge >= 0.3 is 6.18 Å². The quantitative estimate of drug-likeness (QED) is 0.683. The minimum atomic E-state index is -4.51. The second-order valence-corrected chi connectivity index (χ2v) is 7.51. The van der Waals surface area contributed by atoms with Crippen LogP contribution in [0, 0.1) is 6.92 Å². The Balaban J connectivity index is 1.60. The molecule has 1 amide bonds. The molecule has 0 saturated heterocycles. The summed E-state index contributed by atoms with van der Waals surface area (Å²) in [6.07, 6.45) is 0.580. The van der Waals surface area contributed by atoms with Gasteiger partial charge in [0.15, 0.2) is 5.65 Å². The van der Waals surface area contributed by atoms with E-state index in [4.69, 9.17) is 0 Å². The summed E-state index contributed by atoms with van der Waals surface area (Å²) >= 11 is 0. The topological polar surface area (TPSA) is 77.6 Å². The molecule has 7 nitrogen and oxygen atoms in total. The van der Waals surface area contributed by atoms with Crippen molar-refractivity contribution in [3.63, 3.8) is 0 Å². The Morgan fingerprint density at radius 2 is 2.14 bits per heavy atom. The van der Waals surface area contributed by atoms with Gasteiger partial charge in [-0.25, -0.2) is 9.67 Å². The van der Waals surface area contributed by atoms with Gasteiger partial charge in [0, 0.05) is 30.0 Å². The lowest BCUT2D eigenvalue weighted by atomic mass is 10.1. The van der Waals surface area contributed by atoms with Gasteiger partial charge in [0.25, 0.3) is 0 Å². The molecular formula is C19H21F3N6O. The van der Waals surface area contributed by atoms with Gasteiger partial charge < -0.3 is 5.32 Å². The SMILES string of the molecule is Cc1nn(CC(=O)N[C@@H](C)Cn2cccn2)c2nc(C3CC3)cc(C(F)(F)F)c12. The monoisotopic (exact) mass is 406 g/mol. The number of pyridine rings is 1. The van der Waals surface area contributed by atoms with Crippen LogP contribution in [-0.2, 0) is 24.1 Å². The van der Waals surface area contributed by atoms with Crippen LogP contribution >= 0.6 is 0 Å². The van der Waals surface area contributed by atoms with E-state index in [-0.39, 0.29) is 41.1 Å². The van der Waals surface area contributed by atoms with Crippen molar-refractivity contribution in [3.8, 4) is 0 Å². The number of hydrogen-bond donors (Lipinski definition) is 1. The van der Waals surface area contributed by atoms with Crippen molar-refractivity contribution in [1.29, 1.82) is 0 Å². The van der Waals surface area contributed by atoms with E-state index in [0.29, 0.717) is 12.2 Å². The Hall–Kier alpha value is -2.91. The Kier molecular flexibility index (Phi) is 4.79. The number of fused-ring (bicyclic) bond motifs is 1. The Labute approximate surface area is 164 Å². The number of nitrogens with one attached hydrogen (secondary N) is 1. The Morgan fingerprint density at radius 3 is 2.76 bits per heavy atom. The molecule has 3 aromatic rings. The van der Waals surface area contributed by atoms with Crippen molar-refractivity contribution < 1.29 is 18.0 Å². The fourth-order valence-electron chi connectivity index (χ4n) is 3.49. The van der Waals surface area contributed by atoms with E-state index in [0.717, 1.165) is 18.9 Å². The van der Waals surface area contributed by atoms with Crippen LogP contribution in [0.4, 0.5) is 13.2 Å². The fraction of sp³-hybridized carbons (Fsp3) is 0.474. The molecule has 0 aromatic carbocycles. The highest BCUT2D eigenvalue weighted by Crippen LogP contribution is 2.43. The molecule has 0 radical (unpaired) electrons. The maximum Gasteiger partial charge on any atom is 0.417 e. The lowest BCUT2D eigenvalue weighted by Crippen LogP contribution is -2.38. The number of aryl methyl sites for hydroxylation is 1. The lowest BCUT2D eigenvalue weighted by Gasteiger charge is -2.14. The lowest BCUT2D eigenvalue weighted by molar-refractivity contribution is -0.136. The predicted molar refractivity (Wildman–Crippen MR) is 99.1 cm³/mol. The maximum atomic E-state index is 13.6. The molecule has 1 aliphatic rings. The molecule has 0 spiro atoms. The zero-order valence-corrected chi connectivity index (χ0v) is 16.1. The number of amides is 1. The number of alkyl halides is 3. The summed E-state index contributed by atoms with van der Waals surface area (Å²) in [4.78, 5) is 16.9. The summed E-state index contributed by atoms with van der Waals surface area (Å²) in [6, 6.07) is 2.71. The number of hydrogen-bond acceptors (Lipinski definition) is 4. The molecule has 3 heterocycles. The van der Waals surface area contributed by atoms with E-state index >= 15 is 0 Å². The van der Waals surface area contributed by atoms with E-state index in [9.17, 15) is 18.0 Å². The number of carbonyl (C=O) groups is 1. The minimum absolute atomic E-state index is 0.0423. The number of rotatable bonds is 6. The fourth-order valence-corrected chi connectivity index (χ4v) is 3.49. The molecule has 4 rings (SSSR count). The normalized spacial score (nSPS) is 15.6. The van der Waals surface area contributed by atoms with Crippen LogP contribution in [0.15, 0.2) is 24.5 Å². The zero-order valence-electron chi connectivity index (χ0n) is 16.1. The molecule has 1 N–H and O–H groups in total. The predicted octanol–water partition coefficient (Wildman–Crippen LogP) is 3.04. The first-order valence-electron chi connectivity index (χ1n) is 9.44. The van der Waals surface area contributed by atoms with E-state index in [2.05, 4.69) is 20.5 Å². The number of halogens is 3. The molecule has 1 fully saturated rings. The van der Waals surface area contributed by atoms with Crippen LogP contribution < -0.4 is 5.32 Å². The van der Waals surface area contributed by atoms with Crippen LogP contribution in [0.1, 0.15) is 42.6 Å². The highest BCUT2D eigenvalue weighted by atomic mass is 19.4. The van der Waals surface area contributed by atoms with Gasteiger partial charge in [0.1, 0.15) is 6.54 Å². The standard InChI is InChI=1S/C19H21F3N6O/c1-11(9-27-7-3-6-23-27)24-16(29)10-28-18-17(12(2)26-28)14(19(20,21)22)8-15(25-18)13-4-5-13/h3,6-8,11,13H,4-5,9-10H2,1-2H3,(H,24,29)/t11-/m0/s1. The molecule has 0 aliphatic heterocycles. The van der Waals surface area contributed by atoms with Crippen molar-refractivity contribution in [1.82, 2.24) is 29.9 Å². The highest BCUT2D eigenvalue weighted by molar-refractivity contribution is 5.85. The van der Waals surface area contributed by atoms with Gasteiger partial charge in [0.05, 0.1) is 23.2 Å². The third-order valence-electron chi connectivity index (χ3n) is 4.92. The molecule has 29 heavy (non-hydrogen) atoms. The van der Waals surface area contributed by atoms with Crippen LogP contribution in [-0.4, -0.2) is 36.5 Å². The summed E-state index contributed by atoms with van der Waals surface area (Å²) < 4.78 is 43.9. The van der Waals surface area contributed by atoms with E-state index in [1.54, 1.807) is 23.1 Å². The van der Waals surface area contributed by atoms with Gasteiger partial charge in [0.2, 0.25) is 5.91 Å². The van der Waals surface area contributed by atoms with E-state index in [1.807, 2.05) is 6.92 Å². The molecule has 3 aromatic heterocycles. The zero-order chi connectivity index (χ0) is 20.8. The maximum absolute atomic E-state index is 13.6. The van der Waals surface area contributed by atoms with Gasteiger partial charge in [-0.1, -0.05) is 0 Å². The molecule has 1 saturated carbocycles. The number of carbonyl (C=O) groups excluding carboxylic acids is 1. The summed E-state index contributed by atoms with van der Waals surface area (Å²) in [5.41, 5.74) is -0.00675. The van der Waals surface area contributed by atoms with Crippen LogP contribution in [0.2, 0.25) is 0 Å². The van der Waals surface area contributed by atoms with Crippen molar-refractivity contribution in [3.05, 3.63) is 41.5 Å². The average Bonchev–Trinajstić information content (AvgIpc) is 3.28. The van der Waals surface area contributed by atoms with Crippen LogP contribution in [0.5, 0.6) is 0 Å². The van der Waals surface area contributed by atoms with Crippen molar-refractivity contribution in [2.75, 3.05) is 0 Å². The largest absolute Gasteiger partial charge is 0.417 e. The second-order valence-electron chi connectivity index (χ2n) is 7.51. The van der Waals surface area contributed by atoms with Gasteiger partial charge in [-0.2, -0.15) is 23.4 Å². The van der Waals surface area contributed by atoms with Gasteiger partial charge in [-0.15, -0.1) is 0 Å². The first-order chi connectivity index (χ1) is 13.7. The van der Waals surface area contributed by atoms with E-state index < -0.39 is 11.7 Å².